The summed E-state index contributed by atoms with van der Waals surface area (Å²) in [5, 5.41) is 28.7. The molecule has 0 aromatic heterocycles. The smallest absolute Gasteiger partial charge is 0.337 e. The van der Waals surface area contributed by atoms with Crippen LogP contribution in [0.15, 0.2) is 242 Å². The van der Waals surface area contributed by atoms with Crippen LogP contribution in [-0.4, -0.2) is 177 Å². The minimum atomic E-state index is -0.996. The van der Waals surface area contributed by atoms with Crippen LogP contribution >= 0.6 is 59.4 Å². The van der Waals surface area contributed by atoms with Crippen molar-refractivity contribution >= 4 is 100 Å². The number of rotatable bonds is 3. The molecular formula is C104H109Br3ClN5O13. The number of halogens is 4. The number of benzene rings is 10. The van der Waals surface area contributed by atoms with Gasteiger partial charge in [0.15, 0.2) is 5.78 Å². The van der Waals surface area contributed by atoms with Gasteiger partial charge in [-0.15, -0.1) is 11.6 Å². The number of fused-ring (bicyclic) bond motifs is 10. The Morgan fingerprint density at radius 3 is 1.14 bits per heavy atom. The normalized spacial score (nSPS) is 18.5. The van der Waals surface area contributed by atoms with E-state index in [-0.39, 0.29) is 29.7 Å². The number of carboxylic acid groups (broad SMARTS) is 2. The van der Waals surface area contributed by atoms with Crippen LogP contribution in [0.5, 0.6) is 28.7 Å². The van der Waals surface area contributed by atoms with Crippen molar-refractivity contribution in [1.82, 2.24) is 24.5 Å². The van der Waals surface area contributed by atoms with Crippen LogP contribution in [0.1, 0.15) is 173 Å². The van der Waals surface area contributed by atoms with E-state index in [1.165, 1.54) is 81.4 Å². The molecule has 1 atom stereocenters. The average Bonchev–Trinajstić information content (AvgIpc) is 1.44. The molecule has 0 saturated carbocycles. The number of hydrogen-bond donors (Lipinski definition) is 3. The van der Waals surface area contributed by atoms with E-state index in [1.807, 2.05) is 97.1 Å². The number of alkyl halides is 1. The molecule has 10 heterocycles. The number of ketones is 1. The summed E-state index contributed by atoms with van der Waals surface area (Å²) in [6, 6.07) is 69.9. The molecule has 5 saturated heterocycles. The highest BCUT2D eigenvalue weighted by molar-refractivity contribution is 9.11. The fourth-order valence-corrected chi connectivity index (χ4v) is 19.3. The second kappa shape index (κ2) is 43.2. The molecular weight excluding hydrogens is 1800 g/mol. The van der Waals surface area contributed by atoms with Crippen molar-refractivity contribution in [1.29, 1.82) is 0 Å². The molecule has 20 rings (SSSR count). The maximum atomic E-state index is 12.3. The van der Waals surface area contributed by atoms with Gasteiger partial charge < -0.3 is 68.2 Å². The summed E-state index contributed by atoms with van der Waals surface area (Å²) >= 11 is 16.3. The largest absolute Gasteiger partial charge is 0.488 e. The van der Waals surface area contributed by atoms with Gasteiger partial charge in [0.05, 0.1) is 23.8 Å². The Hall–Kier alpha value is -10.0. The first-order valence-electron chi connectivity index (χ1n) is 43.2. The molecule has 10 aromatic carbocycles. The van der Waals surface area contributed by atoms with Crippen molar-refractivity contribution in [3.8, 4) is 28.7 Å². The third-order valence-corrected chi connectivity index (χ3v) is 27.1. The lowest BCUT2D eigenvalue weighted by Crippen LogP contribution is -2.43. The molecule has 10 aliphatic heterocycles. The minimum absolute atomic E-state index is 0.0283. The molecule has 10 aromatic rings. The average molecular weight is 1910 g/mol. The number of ether oxygens (including phenoxy) is 6. The Balaban J connectivity index is 0.000000124. The molecule has 0 bridgehead atoms. The standard InChI is InChI=1S/C22H23NO3.C21H21NO3.C20H22BrNO2.C20H20BrNO.C14H9BrO2.C6H12ClN.CH2O2/c1-23-11-9-15(10-12-23)21-18-6-4-3-5-17(18)14-26-20-13-16(22(24)25-2)7-8-19(20)21;1-22-10-8-14(9-11-22)20-17-5-3-2-4-16(17)13-25-19-12-15(21(23)24)6-7-18(19)20;1-22-10-8-15(9-11-22)20(23)17-5-3-2-4-14(17)13-24-19-12-16(21)6-7-18(19)20;1-22-10-8-14(9-11-22)20-17-5-3-2-4-15(17)13-23-19-12-16(21)6-7-18(19)20;15-10-5-6-12-13(7-10)17-8-9-3-1-2-4-11(9)14(12)16;1-8-4-2-6(7)3-5-8;2-1-3/h3-8,13H,9-12,14H2,1-2H3;2-7,12H,8-11,13H2,1H3,(H,23,24);2-7,12,15,23H,8-11,13H2,1H3;2-7,12H,8-11,13H2,1H3;1-7H,8H2;6H,2-5H2,1H3;1H,(H,2,3). The summed E-state index contributed by atoms with van der Waals surface area (Å²) in [5.41, 5.74) is 24.1. The predicted octanol–water partition coefficient (Wildman–Crippen LogP) is 21.1. The zero-order chi connectivity index (χ0) is 88.5. The topological polar surface area (TPSA) is 201 Å². The van der Waals surface area contributed by atoms with Crippen molar-refractivity contribution in [3.63, 3.8) is 0 Å². The predicted molar refractivity (Wildman–Crippen MR) is 507 cm³/mol. The summed E-state index contributed by atoms with van der Waals surface area (Å²) in [4.78, 5) is 55.7. The van der Waals surface area contributed by atoms with Gasteiger partial charge in [-0.25, -0.2) is 9.59 Å². The lowest BCUT2D eigenvalue weighted by molar-refractivity contribution is -0.122. The second-order valence-corrected chi connectivity index (χ2v) is 36.8. The second-order valence-electron chi connectivity index (χ2n) is 33.5. The zero-order valence-corrected chi connectivity index (χ0v) is 77.8. The number of carbonyl (C=O) groups is 4. The molecule has 0 spiro atoms. The first kappa shape index (κ1) is 92.2. The van der Waals surface area contributed by atoms with E-state index in [0.29, 0.717) is 61.0 Å². The first-order valence-corrected chi connectivity index (χ1v) is 46.0. The van der Waals surface area contributed by atoms with Crippen molar-refractivity contribution in [2.45, 2.75) is 108 Å². The van der Waals surface area contributed by atoms with Crippen molar-refractivity contribution in [2.75, 3.05) is 108 Å². The van der Waals surface area contributed by atoms with Crippen LogP contribution in [0.3, 0.4) is 0 Å². The molecule has 22 heteroatoms. The molecule has 3 N–H and O–H groups in total. The van der Waals surface area contributed by atoms with Crippen LogP contribution in [0.25, 0.3) is 16.7 Å². The Bertz CT molecular complexity index is 5660. The van der Waals surface area contributed by atoms with E-state index in [1.54, 1.807) is 23.8 Å². The van der Waals surface area contributed by atoms with Crippen LogP contribution in [0.2, 0.25) is 0 Å². The molecule has 0 aliphatic carbocycles. The fraction of sp³-hybridized carbons (Fsp3) is 0.327. The monoisotopic (exact) mass is 1910 g/mol. The summed E-state index contributed by atoms with van der Waals surface area (Å²) < 4.78 is 37.8. The number of carbonyl (C=O) groups excluding carboxylic acids is 2. The van der Waals surface area contributed by atoms with Gasteiger partial charge in [-0.3, -0.25) is 9.59 Å². The van der Waals surface area contributed by atoms with E-state index >= 15 is 0 Å². The maximum Gasteiger partial charge on any atom is 0.337 e. The number of carboxylic acids is 1. The van der Waals surface area contributed by atoms with Gasteiger partial charge in [0.25, 0.3) is 6.47 Å². The van der Waals surface area contributed by atoms with E-state index in [2.05, 4.69) is 205 Å². The molecule has 18 nitrogen and oxygen atoms in total. The van der Waals surface area contributed by atoms with Gasteiger partial charge in [0.1, 0.15) is 67.4 Å². The van der Waals surface area contributed by atoms with Crippen molar-refractivity contribution < 1.29 is 62.9 Å². The highest BCUT2D eigenvalue weighted by Crippen LogP contribution is 2.51. The van der Waals surface area contributed by atoms with E-state index < -0.39 is 11.6 Å². The summed E-state index contributed by atoms with van der Waals surface area (Å²) in [6.07, 6.45) is 10.7. The number of methoxy groups -OCH3 is 1. The van der Waals surface area contributed by atoms with Crippen LogP contribution in [-0.2, 0) is 48.2 Å². The number of likely N-dealkylation sites (tertiary alicyclic amines) is 5. The molecule has 656 valence electrons. The lowest BCUT2D eigenvalue weighted by Gasteiger charge is -2.41. The minimum Gasteiger partial charge on any atom is -0.488 e. The summed E-state index contributed by atoms with van der Waals surface area (Å²) in [6.45, 7) is 13.2. The highest BCUT2D eigenvalue weighted by Gasteiger charge is 2.46. The summed E-state index contributed by atoms with van der Waals surface area (Å²) in [7, 11) is 12.2. The fourth-order valence-electron chi connectivity index (χ4n) is 18.1. The quantitative estimate of drug-likeness (QED) is 0.0856. The van der Waals surface area contributed by atoms with Crippen LogP contribution in [0, 0.1) is 5.92 Å². The number of piperidine rings is 5. The number of aliphatic hydroxyl groups is 1. The van der Waals surface area contributed by atoms with E-state index in [0.717, 1.165) is 192 Å². The molecule has 5 fully saturated rings. The lowest BCUT2D eigenvalue weighted by atomic mass is 9.71. The third-order valence-electron chi connectivity index (χ3n) is 25.2. The maximum absolute atomic E-state index is 12.3. The Morgan fingerprint density at radius 2 is 0.714 bits per heavy atom. The van der Waals surface area contributed by atoms with Gasteiger partial charge in [0, 0.05) is 91.4 Å². The SMILES string of the molecule is CN1CCC(=C2c3ccccc3COc3cc(Br)ccc32)CC1.CN1CCC(=C2c3ccccc3COc3cc(C(=O)O)ccc32)CC1.CN1CCC(C2(O)c3ccccc3COc3cc(Br)ccc32)CC1.CN1CCC(Cl)CC1.COC(=O)c1ccc2c(c1)OCc1ccccc1C2=C1CCN(C)CC1.O=C1c2ccccc2COc2cc(Br)ccc21.O=CO. The molecule has 126 heavy (non-hydrogen) atoms. The van der Waals surface area contributed by atoms with Crippen molar-refractivity contribution in [2.24, 2.45) is 5.92 Å². The number of esters is 1. The molecule has 0 amide bonds. The van der Waals surface area contributed by atoms with Crippen LogP contribution < -0.4 is 23.7 Å². The molecule has 0 radical (unpaired) electrons. The Labute approximate surface area is 769 Å². The Kier molecular flexibility index (Phi) is 31.6. The number of nitrogens with zero attached hydrogens (tertiary/aromatic N) is 5. The van der Waals surface area contributed by atoms with Gasteiger partial charge in [-0.2, -0.15) is 0 Å². The van der Waals surface area contributed by atoms with E-state index in [4.69, 9.17) is 49.9 Å². The molecule has 1 unspecified atom stereocenters. The van der Waals surface area contributed by atoms with Gasteiger partial charge in [-0.05, 0) is 278 Å². The number of hydrogen-bond acceptors (Lipinski definition) is 16. The van der Waals surface area contributed by atoms with Gasteiger partial charge in [0.2, 0.25) is 0 Å². The van der Waals surface area contributed by atoms with Gasteiger partial charge in [-0.1, -0.05) is 192 Å². The first-order chi connectivity index (χ1) is 61.1. The van der Waals surface area contributed by atoms with Crippen LogP contribution in [0.4, 0.5) is 0 Å². The highest BCUT2D eigenvalue weighted by atomic mass is 79.9. The summed E-state index contributed by atoms with van der Waals surface area (Å²) in [5.74, 6) is 2.77. The third kappa shape index (κ3) is 22.0. The van der Waals surface area contributed by atoms with Crippen molar-refractivity contribution in [3.05, 3.63) is 337 Å². The zero-order valence-electron chi connectivity index (χ0n) is 72.3. The van der Waals surface area contributed by atoms with E-state index in [9.17, 15) is 24.6 Å². The Morgan fingerprint density at radius 1 is 0.397 bits per heavy atom. The number of aromatic carboxylic acids is 1. The molecule has 10 aliphatic rings. The van der Waals surface area contributed by atoms with Gasteiger partial charge >= 0.3 is 11.9 Å².